The Bertz CT molecular complexity index is 1310. The molecule has 0 aliphatic carbocycles. The van der Waals surface area contributed by atoms with Crippen molar-refractivity contribution in [3.05, 3.63) is 75.9 Å². The number of halogens is 5. The lowest BCUT2D eigenvalue weighted by atomic mass is 10.1. The summed E-state index contributed by atoms with van der Waals surface area (Å²) in [7, 11) is 3.40. The second-order valence-corrected chi connectivity index (χ2v) is 8.34. The number of alkyl halides is 3. The molecule has 0 bridgehead atoms. The first-order valence-corrected chi connectivity index (χ1v) is 11.0. The normalized spacial score (nSPS) is 11.5. The number of pyridine rings is 2. The summed E-state index contributed by atoms with van der Waals surface area (Å²) in [6.07, 6.45) is -1.69. The number of ether oxygens (including phenoxy) is 2. The number of hydrogen-bond donors (Lipinski definition) is 0. The Hall–Kier alpha value is -3.11. The van der Waals surface area contributed by atoms with Gasteiger partial charge in [-0.25, -0.2) is 9.97 Å². The predicted molar refractivity (Wildman–Crippen MR) is 125 cm³/mol. The number of rotatable bonds is 6. The van der Waals surface area contributed by atoms with Gasteiger partial charge in [0, 0.05) is 42.2 Å². The molecule has 0 atom stereocenters. The van der Waals surface area contributed by atoms with Crippen molar-refractivity contribution in [3.63, 3.8) is 0 Å². The second-order valence-electron chi connectivity index (χ2n) is 7.20. The van der Waals surface area contributed by atoms with Crippen LogP contribution in [0.2, 0.25) is 5.15 Å². The molecule has 4 aromatic rings. The average molecular weight is 554 g/mol. The first-order chi connectivity index (χ1) is 16.2. The fourth-order valence-electron chi connectivity index (χ4n) is 3.22. The molecule has 176 valence electrons. The minimum atomic E-state index is -4.48. The largest absolute Gasteiger partial charge is 0.496 e. The smallest absolute Gasteiger partial charge is 0.433 e. The Balaban J connectivity index is 1.57. The fraction of sp³-hybridized carbons (Fsp3) is 0.174. The second kappa shape index (κ2) is 9.63. The molecule has 0 saturated carbocycles. The van der Waals surface area contributed by atoms with Gasteiger partial charge in [-0.3, -0.25) is 4.98 Å². The zero-order valence-electron chi connectivity index (χ0n) is 17.9. The highest BCUT2D eigenvalue weighted by Gasteiger charge is 2.32. The van der Waals surface area contributed by atoms with Gasteiger partial charge in [0.1, 0.15) is 45.1 Å². The SMILES string of the molecule is COc1cc(OCc2ccc(C(F)(F)F)nc2)ccc1-c1nc(-c2ccc(Cl)nc2)n(C)c1Br. The van der Waals surface area contributed by atoms with Crippen LogP contribution in [-0.2, 0) is 19.8 Å². The third kappa shape index (κ3) is 5.02. The van der Waals surface area contributed by atoms with Crippen LogP contribution in [0.1, 0.15) is 11.3 Å². The van der Waals surface area contributed by atoms with E-state index in [2.05, 4.69) is 25.9 Å². The Morgan fingerprint density at radius 1 is 1.06 bits per heavy atom. The van der Waals surface area contributed by atoms with E-state index in [4.69, 9.17) is 26.1 Å². The van der Waals surface area contributed by atoms with Gasteiger partial charge in [0.05, 0.1) is 7.11 Å². The predicted octanol–water partition coefficient (Wildman–Crippen LogP) is 6.57. The number of imidazole rings is 1. The quantitative estimate of drug-likeness (QED) is 0.253. The number of aromatic nitrogens is 4. The first-order valence-electron chi connectivity index (χ1n) is 9.85. The lowest BCUT2D eigenvalue weighted by Gasteiger charge is -2.12. The summed E-state index contributed by atoms with van der Waals surface area (Å²) in [6.45, 7) is 0.0502. The van der Waals surface area contributed by atoms with Gasteiger partial charge in [-0.05, 0) is 46.3 Å². The van der Waals surface area contributed by atoms with Crippen molar-refractivity contribution in [1.82, 2.24) is 19.5 Å². The molecule has 3 heterocycles. The van der Waals surface area contributed by atoms with Crippen molar-refractivity contribution in [2.24, 2.45) is 7.05 Å². The number of nitrogens with zero attached hydrogens (tertiary/aromatic N) is 4. The molecule has 0 aliphatic heterocycles. The van der Waals surface area contributed by atoms with Gasteiger partial charge in [-0.1, -0.05) is 17.7 Å². The van der Waals surface area contributed by atoms with Gasteiger partial charge in [0.15, 0.2) is 0 Å². The highest BCUT2D eigenvalue weighted by molar-refractivity contribution is 9.10. The fourth-order valence-corrected chi connectivity index (χ4v) is 3.80. The summed E-state index contributed by atoms with van der Waals surface area (Å²) in [5, 5.41) is 0.390. The van der Waals surface area contributed by atoms with Crippen molar-refractivity contribution in [1.29, 1.82) is 0 Å². The summed E-state index contributed by atoms with van der Waals surface area (Å²) < 4.78 is 51.9. The van der Waals surface area contributed by atoms with Crippen molar-refractivity contribution in [2.75, 3.05) is 7.11 Å². The summed E-state index contributed by atoms with van der Waals surface area (Å²) in [6, 6.07) is 11.0. The molecular formula is C23H17BrClF3N4O2. The van der Waals surface area contributed by atoms with Crippen LogP contribution in [0.4, 0.5) is 13.2 Å². The third-order valence-electron chi connectivity index (χ3n) is 4.96. The molecule has 0 spiro atoms. The first kappa shape index (κ1) is 24.0. The van der Waals surface area contributed by atoms with Crippen molar-refractivity contribution in [3.8, 4) is 34.1 Å². The Morgan fingerprint density at radius 2 is 1.85 bits per heavy atom. The molecule has 0 fully saturated rings. The summed E-state index contributed by atoms with van der Waals surface area (Å²) in [4.78, 5) is 12.3. The van der Waals surface area contributed by atoms with Gasteiger partial charge in [-0.15, -0.1) is 0 Å². The van der Waals surface area contributed by atoms with Gasteiger partial charge in [-0.2, -0.15) is 13.2 Å². The maximum absolute atomic E-state index is 12.7. The minimum absolute atomic E-state index is 0.0502. The van der Waals surface area contributed by atoms with E-state index in [-0.39, 0.29) is 6.61 Å². The maximum atomic E-state index is 12.7. The van der Waals surface area contributed by atoms with Crippen LogP contribution in [0.15, 0.2) is 59.5 Å². The van der Waals surface area contributed by atoms with E-state index >= 15 is 0 Å². The van der Waals surface area contributed by atoms with Crippen LogP contribution < -0.4 is 9.47 Å². The third-order valence-corrected chi connectivity index (χ3v) is 6.09. The van der Waals surface area contributed by atoms with Crippen LogP contribution in [0.5, 0.6) is 11.5 Å². The molecule has 0 N–H and O–H groups in total. The number of hydrogen-bond acceptors (Lipinski definition) is 5. The molecular weight excluding hydrogens is 537 g/mol. The van der Waals surface area contributed by atoms with Gasteiger partial charge >= 0.3 is 6.18 Å². The summed E-state index contributed by atoms with van der Waals surface area (Å²) in [5.41, 5.74) is 1.73. The molecule has 0 radical (unpaired) electrons. The highest BCUT2D eigenvalue weighted by Crippen LogP contribution is 2.39. The minimum Gasteiger partial charge on any atom is -0.496 e. The molecule has 3 aromatic heterocycles. The Morgan fingerprint density at radius 3 is 2.47 bits per heavy atom. The zero-order valence-corrected chi connectivity index (χ0v) is 20.2. The van der Waals surface area contributed by atoms with Gasteiger partial charge < -0.3 is 14.0 Å². The van der Waals surface area contributed by atoms with E-state index < -0.39 is 11.9 Å². The van der Waals surface area contributed by atoms with Crippen molar-refractivity contribution in [2.45, 2.75) is 12.8 Å². The highest BCUT2D eigenvalue weighted by atomic mass is 79.9. The Labute approximate surface area is 206 Å². The van der Waals surface area contributed by atoms with Crippen LogP contribution in [0.25, 0.3) is 22.6 Å². The van der Waals surface area contributed by atoms with E-state index in [1.807, 2.05) is 17.7 Å². The van der Waals surface area contributed by atoms with Crippen LogP contribution >= 0.6 is 27.5 Å². The van der Waals surface area contributed by atoms with Crippen LogP contribution in [0, 0.1) is 0 Å². The topological polar surface area (TPSA) is 62.1 Å². The lowest BCUT2D eigenvalue weighted by Crippen LogP contribution is -2.08. The molecule has 0 unspecified atom stereocenters. The van der Waals surface area contributed by atoms with E-state index in [0.29, 0.717) is 33.7 Å². The van der Waals surface area contributed by atoms with Gasteiger partial charge in [0.25, 0.3) is 0 Å². The van der Waals surface area contributed by atoms with Crippen LogP contribution in [-0.4, -0.2) is 26.6 Å². The average Bonchev–Trinajstić information content (AvgIpc) is 3.12. The number of methoxy groups -OCH3 is 1. The molecule has 11 heteroatoms. The van der Waals surface area contributed by atoms with E-state index in [0.717, 1.165) is 28.0 Å². The molecule has 1 aromatic carbocycles. The van der Waals surface area contributed by atoms with E-state index in [1.165, 1.54) is 13.2 Å². The van der Waals surface area contributed by atoms with Crippen molar-refractivity contribution >= 4 is 27.5 Å². The summed E-state index contributed by atoms with van der Waals surface area (Å²) >= 11 is 9.48. The molecule has 0 saturated heterocycles. The number of benzene rings is 1. The molecule has 0 amide bonds. The Kier molecular flexibility index (Phi) is 6.81. The molecule has 0 aliphatic rings. The molecule has 6 nitrogen and oxygen atoms in total. The molecule has 34 heavy (non-hydrogen) atoms. The van der Waals surface area contributed by atoms with Crippen LogP contribution in [0.3, 0.4) is 0 Å². The molecule has 4 rings (SSSR count). The van der Waals surface area contributed by atoms with Crippen molar-refractivity contribution < 1.29 is 22.6 Å². The monoisotopic (exact) mass is 552 g/mol. The maximum Gasteiger partial charge on any atom is 0.433 e. The van der Waals surface area contributed by atoms with Gasteiger partial charge in [0.2, 0.25) is 0 Å². The lowest BCUT2D eigenvalue weighted by molar-refractivity contribution is -0.141. The zero-order chi connectivity index (χ0) is 24.5. The summed E-state index contributed by atoms with van der Waals surface area (Å²) in [5.74, 6) is 1.68. The van der Waals surface area contributed by atoms with E-state index in [1.54, 1.807) is 30.5 Å². The standard InChI is InChI=1S/C23H17BrClF3N4O2/c1-32-21(24)20(31-22(32)14-4-8-19(25)30-11-14)16-6-5-15(9-17(16)33-2)34-12-13-3-7-18(29-10-13)23(26,27)28/h3-11H,12H2,1-2H3. The van der Waals surface area contributed by atoms with E-state index in [9.17, 15) is 13.2 Å².